The van der Waals surface area contributed by atoms with E-state index in [-0.39, 0.29) is 55.9 Å². The third kappa shape index (κ3) is 6.83. The van der Waals surface area contributed by atoms with E-state index in [0.29, 0.717) is 23.4 Å². The molecule has 2 rings (SSSR count). The second kappa shape index (κ2) is 11.3. The summed E-state index contributed by atoms with van der Waals surface area (Å²) in [5.41, 5.74) is -4.34. The van der Waals surface area contributed by atoms with E-state index in [1.54, 1.807) is 6.20 Å². The summed E-state index contributed by atoms with van der Waals surface area (Å²) in [6, 6.07) is 3.58. The van der Waals surface area contributed by atoms with E-state index in [0.717, 1.165) is 11.4 Å². The molecule has 2 heterocycles. The molecule has 8 nitrogen and oxygen atoms in total. The van der Waals surface area contributed by atoms with Gasteiger partial charge in [-0.15, -0.1) is 24.0 Å². The molecule has 1 aliphatic rings. The van der Waals surface area contributed by atoms with Crippen molar-refractivity contribution >= 4 is 45.8 Å². The highest BCUT2D eigenvalue weighted by molar-refractivity contribution is 14.0. The van der Waals surface area contributed by atoms with Gasteiger partial charge < -0.3 is 15.5 Å². The van der Waals surface area contributed by atoms with Crippen LogP contribution in [0.15, 0.2) is 23.3 Å². The van der Waals surface area contributed by atoms with E-state index in [2.05, 4.69) is 20.6 Å². The molecule has 0 spiro atoms. The number of nitrogens with zero attached hydrogens (tertiary/aromatic N) is 4. The molecule has 1 aliphatic heterocycles. The molecule has 1 saturated heterocycles. The van der Waals surface area contributed by atoms with Gasteiger partial charge in [0.05, 0.1) is 6.54 Å². The van der Waals surface area contributed by atoms with Crippen molar-refractivity contribution in [2.24, 2.45) is 4.99 Å². The van der Waals surface area contributed by atoms with Gasteiger partial charge in [0, 0.05) is 51.5 Å². The highest BCUT2D eigenvalue weighted by atomic mass is 127. The summed E-state index contributed by atoms with van der Waals surface area (Å²) in [5, 5.41) is 6.30. The Morgan fingerprint density at radius 3 is 2.50 bits per heavy atom. The Morgan fingerprint density at radius 1 is 1.33 bits per heavy atom. The standard InChI is InChI=1S/C17H27F3N6O2S.HI/c1-4-21-16(23-12-13-6-5-9-22-15(13)25(2)3)24-14-7-10-26(11-8-14)29(27,28)17(18,19)20;/h5-6,9,14H,4,7-8,10-12H2,1-3H3,(H2,21,23,24);1H. The highest BCUT2D eigenvalue weighted by Crippen LogP contribution is 2.29. The first-order chi connectivity index (χ1) is 13.6. The Balaban J connectivity index is 0.00000450. The number of aliphatic imine (C=N–C) groups is 1. The largest absolute Gasteiger partial charge is 0.511 e. The summed E-state index contributed by atoms with van der Waals surface area (Å²) in [5.74, 6) is 1.33. The lowest BCUT2D eigenvalue weighted by Gasteiger charge is -2.32. The fourth-order valence-corrected chi connectivity index (χ4v) is 4.01. The maximum atomic E-state index is 12.7. The second-order valence-electron chi connectivity index (χ2n) is 6.84. The van der Waals surface area contributed by atoms with Crippen LogP contribution in [0, 0.1) is 0 Å². The minimum Gasteiger partial charge on any atom is -0.362 e. The Morgan fingerprint density at radius 2 is 1.97 bits per heavy atom. The van der Waals surface area contributed by atoms with E-state index < -0.39 is 15.5 Å². The molecule has 0 saturated carbocycles. The van der Waals surface area contributed by atoms with Crippen LogP contribution in [0.5, 0.6) is 0 Å². The molecule has 1 fully saturated rings. The molecule has 0 aliphatic carbocycles. The topological polar surface area (TPSA) is 89.9 Å². The van der Waals surface area contributed by atoms with Crippen LogP contribution in [0.3, 0.4) is 0 Å². The van der Waals surface area contributed by atoms with Gasteiger partial charge in [0.15, 0.2) is 5.96 Å². The summed E-state index contributed by atoms with van der Waals surface area (Å²) in [6.07, 6.45) is 2.22. The molecule has 13 heteroatoms. The second-order valence-corrected chi connectivity index (χ2v) is 8.77. The van der Waals surface area contributed by atoms with Gasteiger partial charge in [-0.1, -0.05) is 6.07 Å². The van der Waals surface area contributed by atoms with Crippen LogP contribution in [0.4, 0.5) is 19.0 Å². The normalized spacial score (nSPS) is 16.7. The minimum atomic E-state index is -5.27. The van der Waals surface area contributed by atoms with Crippen LogP contribution in [-0.2, 0) is 16.6 Å². The molecule has 0 unspecified atom stereocenters. The van der Waals surface area contributed by atoms with E-state index in [9.17, 15) is 21.6 Å². The molecule has 0 atom stereocenters. The third-order valence-electron chi connectivity index (χ3n) is 4.47. The SMILES string of the molecule is CCNC(=NCc1cccnc1N(C)C)NC1CCN(S(=O)(=O)C(F)(F)F)CC1.I. The van der Waals surface area contributed by atoms with Gasteiger partial charge in [-0.05, 0) is 25.8 Å². The van der Waals surface area contributed by atoms with Crippen molar-refractivity contribution in [1.29, 1.82) is 0 Å². The number of aromatic nitrogens is 1. The van der Waals surface area contributed by atoms with Crippen molar-refractivity contribution in [3.8, 4) is 0 Å². The quantitative estimate of drug-likeness (QED) is 0.313. The van der Waals surface area contributed by atoms with Gasteiger partial charge in [0.2, 0.25) is 0 Å². The number of anilines is 1. The first-order valence-corrected chi connectivity index (χ1v) is 10.7. The molecular formula is C17H28F3IN6O2S. The molecule has 0 bridgehead atoms. The number of piperidine rings is 1. The zero-order valence-electron chi connectivity index (χ0n) is 17.1. The zero-order valence-corrected chi connectivity index (χ0v) is 20.3. The smallest absolute Gasteiger partial charge is 0.362 e. The summed E-state index contributed by atoms with van der Waals surface area (Å²) >= 11 is 0. The predicted molar refractivity (Wildman–Crippen MR) is 122 cm³/mol. The molecule has 30 heavy (non-hydrogen) atoms. The van der Waals surface area contributed by atoms with Crippen LogP contribution in [0.2, 0.25) is 0 Å². The van der Waals surface area contributed by atoms with E-state index >= 15 is 0 Å². The van der Waals surface area contributed by atoms with Crippen molar-refractivity contribution in [2.75, 3.05) is 38.6 Å². The Kier molecular flexibility index (Phi) is 10.1. The zero-order chi connectivity index (χ0) is 21.7. The van der Waals surface area contributed by atoms with Crippen LogP contribution < -0.4 is 15.5 Å². The summed E-state index contributed by atoms with van der Waals surface area (Å²) < 4.78 is 61.6. The molecule has 1 aromatic rings. The molecule has 0 amide bonds. The molecule has 172 valence electrons. The number of guanidine groups is 1. The number of rotatable bonds is 6. The third-order valence-corrected chi connectivity index (χ3v) is 6.10. The summed E-state index contributed by atoms with van der Waals surface area (Å²) in [4.78, 5) is 10.8. The average molecular weight is 564 g/mol. The van der Waals surface area contributed by atoms with Gasteiger partial charge in [0.1, 0.15) is 5.82 Å². The lowest BCUT2D eigenvalue weighted by atomic mass is 10.1. The number of sulfonamides is 1. The van der Waals surface area contributed by atoms with Crippen molar-refractivity contribution in [3.05, 3.63) is 23.9 Å². The highest BCUT2D eigenvalue weighted by Gasteiger charge is 2.50. The lowest BCUT2D eigenvalue weighted by molar-refractivity contribution is -0.0494. The van der Waals surface area contributed by atoms with E-state index in [4.69, 9.17) is 0 Å². The molecule has 0 aromatic carbocycles. The fraction of sp³-hybridized carbons (Fsp3) is 0.647. The van der Waals surface area contributed by atoms with Crippen molar-refractivity contribution in [1.82, 2.24) is 19.9 Å². The minimum absolute atomic E-state index is 0. The average Bonchev–Trinajstić information content (AvgIpc) is 2.66. The van der Waals surface area contributed by atoms with Gasteiger partial charge >= 0.3 is 15.5 Å². The van der Waals surface area contributed by atoms with Gasteiger partial charge in [-0.2, -0.15) is 17.5 Å². The van der Waals surface area contributed by atoms with E-state index in [1.165, 1.54) is 0 Å². The molecular weight excluding hydrogens is 536 g/mol. The van der Waals surface area contributed by atoms with Crippen molar-refractivity contribution in [3.63, 3.8) is 0 Å². The number of halogens is 4. The van der Waals surface area contributed by atoms with Crippen LogP contribution in [0.25, 0.3) is 0 Å². The van der Waals surface area contributed by atoms with Gasteiger partial charge in [-0.25, -0.2) is 18.4 Å². The fourth-order valence-electron chi connectivity index (χ4n) is 3.02. The number of pyridine rings is 1. The first-order valence-electron chi connectivity index (χ1n) is 9.28. The van der Waals surface area contributed by atoms with Crippen LogP contribution in [0.1, 0.15) is 25.3 Å². The first kappa shape index (κ1) is 26.7. The monoisotopic (exact) mass is 564 g/mol. The number of hydrogen-bond donors (Lipinski definition) is 2. The predicted octanol–water partition coefficient (Wildman–Crippen LogP) is 2.13. The summed E-state index contributed by atoms with van der Waals surface area (Å²) in [6.45, 7) is 2.52. The molecule has 0 radical (unpaired) electrons. The van der Waals surface area contributed by atoms with Crippen molar-refractivity contribution < 1.29 is 21.6 Å². The maximum absolute atomic E-state index is 12.7. The van der Waals surface area contributed by atoms with E-state index in [1.807, 2.05) is 38.1 Å². The number of alkyl halides is 3. The molecule has 1 aromatic heterocycles. The van der Waals surface area contributed by atoms with Crippen LogP contribution in [-0.4, -0.2) is 68.9 Å². The van der Waals surface area contributed by atoms with Gasteiger partial charge in [0.25, 0.3) is 0 Å². The van der Waals surface area contributed by atoms with Gasteiger partial charge in [-0.3, -0.25) is 0 Å². The lowest BCUT2D eigenvalue weighted by Crippen LogP contribution is -2.51. The Hall–Kier alpha value is -1.35. The number of nitrogens with one attached hydrogen (secondary N) is 2. The Labute approximate surface area is 192 Å². The van der Waals surface area contributed by atoms with Crippen molar-refractivity contribution in [2.45, 2.75) is 37.9 Å². The van der Waals surface area contributed by atoms with Crippen LogP contribution >= 0.6 is 24.0 Å². The summed E-state index contributed by atoms with van der Waals surface area (Å²) in [7, 11) is -1.49. The molecule has 2 N–H and O–H groups in total. The maximum Gasteiger partial charge on any atom is 0.511 e. The number of hydrogen-bond acceptors (Lipinski definition) is 5. The Bertz CT molecular complexity index is 812.